The summed E-state index contributed by atoms with van der Waals surface area (Å²) in [6.07, 6.45) is 0. The van der Waals surface area contributed by atoms with Gasteiger partial charge in [-0.1, -0.05) is 191 Å². The molecule has 0 aliphatic carbocycles. The zero-order valence-corrected chi connectivity index (χ0v) is 36.5. The minimum absolute atomic E-state index is 0.0102. The van der Waals surface area contributed by atoms with Crippen LogP contribution in [-0.2, 0) is 0 Å². The Balaban J connectivity index is 2.35. The molecule has 4 rings (SSSR count). The molecule has 12 heteroatoms. The lowest BCUT2D eigenvalue weighted by atomic mass is 9.88. The monoisotopic (exact) mass is 1250 g/mol. The van der Waals surface area contributed by atoms with E-state index in [9.17, 15) is 0 Å². The molecule has 4 aromatic carbocycles. The molecule has 192 valence electrons. The van der Waals surface area contributed by atoms with Gasteiger partial charge in [-0.05, 0) is 102 Å². The molecule has 0 fully saturated rings. The van der Waals surface area contributed by atoms with Gasteiger partial charge in [0.05, 0.1) is 22.4 Å². The molecule has 0 bridgehead atoms. The summed E-state index contributed by atoms with van der Waals surface area (Å²) in [5.41, 5.74) is 6.99. The topological polar surface area (TPSA) is 0 Å². The fraction of sp³-hybridized carbons (Fsp3) is 0.250. The second kappa shape index (κ2) is 13.4. The standard InChI is InChI=1S/C24H12Br12/c25-19(26)13-1-7-8(2-14(13)20(27)28)10-4-17(23(33)34)18(24(35)36)6-12(10)11-5-16(22(31)32)15(21(29)30)3-9(7)11/h1-6,19-24H. The van der Waals surface area contributed by atoms with Crippen LogP contribution in [0.2, 0.25) is 0 Å². The summed E-state index contributed by atoms with van der Waals surface area (Å²) in [5, 5.41) is 7.19. The van der Waals surface area contributed by atoms with Gasteiger partial charge in [0, 0.05) is 0 Å². The molecular formula is C24H12Br12. The fourth-order valence-corrected chi connectivity index (χ4v) is 9.13. The Bertz CT molecular complexity index is 1140. The minimum atomic E-state index is 0.0102. The molecule has 0 unspecified atom stereocenters. The Morgan fingerprint density at radius 3 is 0.444 bits per heavy atom. The van der Waals surface area contributed by atoms with E-state index in [-0.39, 0.29) is 22.4 Å². The maximum atomic E-state index is 3.75. The molecular weight excluding hydrogens is 1250 g/mol. The molecule has 0 saturated heterocycles. The van der Waals surface area contributed by atoms with Crippen molar-refractivity contribution in [3.8, 4) is 0 Å². The number of benzene rings is 4. The third-order valence-corrected chi connectivity index (χ3v) is 11.9. The summed E-state index contributed by atoms with van der Waals surface area (Å²) in [6.45, 7) is 0. The molecule has 0 spiro atoms. The van der Waals surface area contributed by atoms with Crippen LogP contribution in [0.1, 0.15) is 55.8 Å². The van der Waals surface area contributed by atoms with Gasteiger partial charge in [0.25, 0.3) is 0 Å². The van der Waals surface area contributed by atoms with E-state index in [1.54, 1.807) is 0 Å². The highest BCUT2D eigenvalue weighted by Gasteiger charge is 2.24. The van der Waals surface area contributed by atoms with Crippen molar-refractivity contribution in [2.75, 3.05) is 0 Å². The fourth-order valence-electron chi connectivity index (χ4n) is 4.37. The third-order valence-electron chi connectivity index (χ3n) is 5.95. The van der Waals surface area contributed by atoms with Gasteiger partial charge in [-0.2, -0.15) is 0 Å². The van der Waals surface area contributed by atoms with Crippen LogP contribution in [0.3, 0.4) is 0 Å². The van der Waals surface area contributed by atoms with E-state index in [4.69, 9.17) is 0 Å². The van der Waals surface area contributed by atoms with E-state index in [2.05, 4.69) is 228 Å². The van der Waals surface area contributed by atoms with Gasteiger partial charge in [-0.3, -0.25) is 0 Å². The average Bonchev–Trinajstić information content (AvgIpc) is 2.81. The van der Waals surface area contributed by atoms with Crippen LogP contribution < -0.4 is 0 Å². The van der Waals surface area contributed by atoms with Gasteiger partial charge in [-0.15, -0.1) is 0 Å². The molecule has 0 N–H and O–H groups in total. The van der Waals surface area contributed by atoms with Crippen LogP contribution in [0.4, 0.5) is 0 Å². The van der Waals surface area contributed by atoms with Gasteiger partial charge in [0.1, 0.15) is 0 Å². The van der Waals surface area contributed by atoms with E-state index < -0.39 is 0 Å². The Morgan fingerprint density at radius 2 is 0.361 bits per heavy atom. The van der Waals surface area contributed by atoms with Crippen LogP contribution in [-0.4, -0.2) is 0 Å². The average molecular weight is 1260 g/mol. The quantitative estimate of drug-likeness (QED) is 0.133. The highest BCUT2D eigenvalue weighted by atomic mass is 79.9. The first kappa shape index (κ1) is 32.3. The Labute approximate surface area is 310 Å². The van der Waals surface area contributed by atoms with Crippen LogP contribution in [0.5, 0.6) is 0 Å². The normalized spacial score (nSPS) is 12.8. The first-order valence-corrected chi connectivity index (χ1v) is 21.1. The van der Waals surface area contributed by atoms with Crippen LogP contribution in [0.25, 0.3) is 32.3 Å². The molecule has 0 heterocycles. The lowest BCUT2D eigenvalue weighted by molar-refractivity contribution is 1.30. The summed E-state index contributed by atoms with van der Waals surface area (Å²) < 4.78 is 0.0611. The molecule has 4 aromatic rings. The second-order valence-electron chi connectivity index (χ2n) is 7.88. The molecule has 0 amide bonds. The zero-order chi connectivity index (χ0) is 26.6. The van der Waals surface area contributed by atoms with E-state index in [1.807, 2.05) is 0 Å². The molecule has 0 atom stereocenters. The van der Waals surface area contributed by atoms with E-state index in [0.717, 1.165) is 33.4 Å². The van der Waals surface area contributed by atoms with E-state index in [0.29, 0.717) is 0 Å². The Hall–Kier alpha value is 3.42. The lowest BCUT2D eigenvalue weighted by Gasteiger charge is -2.22. The number of rotatable bonds is 6. The van der Waals surface area contributed by atoms with Crippen molar-refractivity contribution < 1.29 is 0 Å². The molecule has 0 aromatic heterocycles. The highest BCUT2D eigenvalue weighted by Crippen LogP contribution is 2.50. The van der Waals surface area contributed by atoms with Crippen molar-refractivity contribution in [1.29, 1.82) is 0 Å². The molecule has 0 nitrogen and oxygen atoms in total. The smallest absolute Gasteiger partial charge is 0.0712 e. The molecule has 0 aliphatic rings. The molecule has 36 heavy (non-hydrogen) atoms. The van der Waals surface area contributed by atoms with Crippen molar-refractivity contribution in [2.24, 2.45) is 0 Å². The number of alkyl halides is 12. The second-order valence-corrected chi connectivity index (χ2v) is 26.2. The summed E-state index contributed by atoms with van der Waals surface area (Å²) in [7, 11) is 0. The van der Waals surface area contributed by atoms with Crippen LogP contribution >= 0.6 is 191 Å². The number of hydrogen-bond donors (Lipinski definition) is 0. The Kier molecular flexibility index (Phi) is 12.0. The van der Waals surface area contributed by atoms with Crippen molar-refractivity contribution in [1.82, 2.24) is 0 Å². The van der Waals surface area contributed by atoms with Crippen molar-refractivity contribution in [3.63, 3.8) is 0 Å². The largest absolute Gasteiger partial charge is 0.0950 e. The summed E-state index contributed by atoms with van der Waals surface area (Å²) in [4.78, 5) is 0. The van der Waals surface area contributed by atoms with Gasteiger partial charge in [0.2, 0.25) is 0 Å². The first-order valence-electron chi connectivity index (χ1n) is 10.1. The zero-order valence-electron chi connectivity index (χ0n) is 17.5. The number of fused-ring (bicyclic) bond motifs is 6. The van der Waals surface area contributed by atoms with Crippen LogP contribution in [0, 0.1) is 0 Å². The lowest BCUT2D eigenvalue weighted by Crippen LogP contribution is -1.99. The van der Waals surface area contributed by atoms with Crippen molar-refractivity contribution in [3.05, 3.63) is 69.8 Å². The Morgan fingerprint density at radius 1 is 0.250 bits per heavy atom. The summed E-state index contributed by atoms with van der Waals surface area (Å²) >= 11 is 45.0. The maximum Gasteiger partial charge on any atom is 0.0950 e. The van der Waals surface area contributed by atoms with E-state index in [1.165, 1.54) is 32.3 Å². The van der Waals surface area contributed by atoms with Crippen LogP contribution in [0.15, 0.2) is 36.4 Å². The van der Waals surface area contributed by atoms with Gasteiger partial charge >= 0.3 is 0 Å². The predicted octanol–water partition coefficient (Wildman–Crippen LogP) is 15.9. The molecule has 0 saturated carbocycles. The molecule has 0 aliphatic heterocycles. The minimum Gasteiger partial charge on any atom is -0.0712 e. The first-order chi connectivity index (χ1) is 16.8. The maximum absolute atomic E-state index is 3.75. The van der Waals surface area contributed by atoms with Crippen molar-refractivity contribution in [2.45, 2.75) is 22.4 Å². The third kappa shape index (κ3) is 6.49. The predicted molar refractivity (Wildman–Crippen MR) is 203 cm³/mol. The summed E-state index contributed by atoms with van der Waals surface area (Å²) in [6, 6.07) is 13.8. The van der Waals surface area contributed by atoms with E-state index >= 15 is 0 Å². The number of halogens is 12. The highest BCUT2D eigenvalue weighted by molar-refractivity contribution is 9.25. The van der Waals surface area contributed by atoms with Gasteiger partial charge in [0.15, 0.2) is 0 Å². The summed E-state index contributed by atoms with van der Waals surface area (Å²) in [5.74, 6) is 0. The number of hydrogen-bond acceptors (Lipinski definition) is 0. The van der Waals surface area contributed by atoms with Gasteiger partial charge < -0.3 is 0 Å². The SMILES string of the molecule is BrC(Br)c1cc2c3cc(C(Br)Br)c(C(Br)Br)cc3c3cc(C(Br)Br)c(C(Br)Br)cc3c2cc1C(Br)Br. The van der Waals surface area contributed by atoms with Gasteiger partial charge in [-0.25, -0.2) is 0 Å². The van der Waals surface area contributed by atoms with Crippen molar-refractivity contribution >= 4 is 223 Å². The molecule has 0 radical (unpaired) electrons.